The van der Waals surface area contributed by atoms with Gasteiger partial charge >= 0.3 is 6.03 Å². The normalized spacial score (nSPS) is 9.32. The standard InChI is InChI=1S/C12H15N3O3S/c13-12(18)15-6-5-14-11(17)10-9(4-8-19-10)3-1-2-7-16/h4,8,16H,2,5-7H2,(H,14,17)(H3,13,15,18). The lowest BCUT2D eigenvalue weighted by molar-refractivity contribution is 0.0957. The van der Waals surface area contributed by atoms with E-state index in [9.17, 15) is 9.59 Å². The van der Waals surface area contributed by atoms with E-state index in [1.807, 2.05) is 0 Å². The summed E-state index contributed by atoms with van der Waals surface area (Å²) in [5, 5.41) is 15.4. The minimum absolute atomic E-state index is 0.00253. The summed E-state index contributed by atoms with van der Waals surface area (Å²) in [6.45, 7) is 0.568. The highest BCUT2D eigenvalue weighted by Crippen LogP contribution is 2.15. The van der Waals surface area contributed by atoms with Crippen LogP contribution in [0.2, 0.25) is 0 Å². The number of rotatable bonds is 5. The van der Waals surface area contributed by atoms with Crippen molar-refractivity contribution in [2.75, 3.05) is 19.7 Å². The van der Waals surface area contributed by atoms with E-state index in [2.05, 4.69) is 22.5 Å². The molecule has 0 saturated carbocycles. The van der Waals surface area contributed by atoms with Crippen molar-refractivity contribution in [3.63, 3.8) is 0 Å². The minimum Gasteiger partial charge on any atom is -0.395 e. The van der Waals surface area contributed by atoms with Crippen LogP contribution < -0.4 is 16.4 Å². The summed E-state index contributed by atoms with van der Waals surface area (Å²) < 4.78 is 0. The van der Waals surface area contributed by atoms with E-state index in [-0.39, 0.29) is 19.1 Å². The largest absolute Gasteiger partial charge is 0.395 e. The molecule has 0 saturated heterocycles. The summed E-state index contributed by atoms with van der Waals surface area (Å²) in [6, 6.07) is 1.13. The molecule has 0 aromatic carbocycles. The third-order valence-electron chi connectivity index (χ3n) is 2.04. The zero-order chi connectivity index (χ0) is 14.1. The number of aliphatic hydroxyl groups is 1. The van der Waals surface area contributed by atoms with Crippen LogP contribution in [-0.4, -0.2) is 36.7 Å². The van der Waals surface area contributed by atoms with Crippen molar-refractivity contribution in [1.29, 1.82) is 0 Å². The van der Waals surface area contributed by atoms with Gasteiger partial charge in [0.15, 0.2) is 0 Å². The second-order valence-corrected chi connectivity index (χ2v) is 4.40. The number of nitrogens with one attached hydrogen (secondary N) is 2. The molecule has 0 aliphatic carbocycles. The average molecular weight is 281 g/mol. The smallest absolute Gasteiger partial charge is 0.312 e. The highest BCUT2D eigenvalue weighted by molar-refractivity contribution is 7.12. The van der Waals surface area contributed by atoms with Gasteiger partial charge in [0.2, 0.25) is 0 Å². The maximum absolute atomic E-state index is 11.8. The van der Waals surface area contributed by atoms with E-state index in [0.29, 0.717) is 23.4 Å². The van der Waals surface area contributed by atoms with Crippen molar-refractivity contribution in [2.24, 2.45) is 5.73 Å². The van der Waals surface area contributed by atoms with Crippen LogP contribution in [0.3, 0.4) is 0 Å². The molecule has 3 amide bonds. The van der Waals surface area contributed by atoms with Crippen LogP contribution in [0.15, 0.2) is 11.4 Å². The molecule has 0 atom stereocenters. The monoisotopic (exact) mass is 281 g/mol. The van der Waals surface area contributed by atoms with Crippen LogP contribution in [0.1, 0.15) is 21.7 Å². The Balaban J connectivity index is 2.51. The molecule has 102 valence electrons. The number of primary amides is 1. The second kappa shape index (κ2) is 8.13. The molecular formula is C12H15N3O3S. The molecule has 6 nitrogen and oxygen atoms in total. The molecule has 0 unspecified atom stereocenters. The Hall–Kier alpha value is -2.04. The SMILES string of the molecule is NC(=O)NCCNC(=O)c1sccc1C#CCCO. The van der Waals surface area contributed by atoms with Gasteiger partial charge in [-0.3, -0.25) is 4.79 Å². The Labute approximate surface area is 115 Å². The van der Waals surface area contributed by atoms with E-state index in [0.717, 1.165) is 0 Å². The number of hydrogen-bond donors (Lipinski definition) is 4. The maximum Gasteiger partial charge on any atom is 0.312 e. The fourth-order valence-electron chi connectivity index (χ4n) is 1.24. The van der Waals surface area contributed by atoms with Gasteiger partial charge in [-0.05, 0) is 11.4 Å². The van der Waals surface area contributed by atoms with Gasteiger partial charge in [-0.25, -0.2) is 4.79 Å². The van der Waals surface area contributed by atoms with Crippen LogP contribution in [0.25, 0.3) is 0 Å². The summed E-state index contributed by atoms with van der Waals surface area (Å²) in [6.07, 6.45) is 0.374. The molecule has 1 heterocycles. The predicted molar refractivity (Wildman–Crippen MR) is 72.8 cm³/mol. The summed E-state index contributed by atoms with van der Waals surface area (Å²) in [4.78, 5) is 22.8. The minimum atomic E-state index is -0.624. The van der Waals surface area contributed by atoms with Crippen molar-refractivity contribution in [3.05, 3.63) is 21.9 Å². The molecule has 5 N–H and O–H groups in total. The number of carbonyl (C=O) groups excluding carboxylic acids is 2. The first kappa shape index (κ1) is 15.0. The first-order valence-corrected chi connectivity index (χ1v) is 6.52. The van der Waals surface area contributed by atoms with Crippen molar-refractivity contribution >= 4 is 23.3 Å². The summed E-state index contributed by atoms with van der Waals surface area (Å²) >= 11 is 1.29. The first-order chi connectivity index (χ1) is 9.15. The lowest BCUT2D eigenvalue weighted by atomic mass is 10.2. The first-order valence-electron chi connectivity index (χ1n) is 5.64. The van der Waals surface area contributed by atoms with Crippen molar-refractivity contribution in [1.82, 2.24) is 10.6 Å². The molecule has 0 aliphatic rings. The Morgan fingerprint density at radius 2 is 2.11 bits per heavy atom. The van der Waals surface area contributed by atoms with E-state index < -0.39 is 6.03 Å². The lowest BCUT2D eigenvalue weighted by Crippen LogP contribution is -2.37. The third-order valence-corrected chi connectivity index (χ3v) is 2.95. The summed E-state index contributed by atoms with van der Waals surface area (Å²) in [5.41, 5.74) is 5.53. The molecule has 1 aromatic rings. The number of aliphatic hydroxyl groups excluding tert-OH is 1. The molecule has 0 spiro atoms. The van der Waals surface area contributed by atoms with E-state index in [4.69, 9.17) is 10.8 Å². The number of urea groups is 1. The van der Waals surface area contributed by atoms with Gasteiger partial charge < -0.3 is 21.5 Å². The van der Waals surface area contributed by atoms with Crippen LogP contribution in [0.4, 0.5) is 4.79 Å². The van der Waals surface area contributed by atoms with Crippen LogP contribution >= 0.6 is 11.3 Å². The Morgan fingerprint density at radius 3 is 2.79 bits per heavy atom. The van der Waals surface area contributed by atoms with Gasteiger partial charge in [-0.15, -0.1) is 11.3 Å². The number of hydrogen-bond acceptors (Lipinski definition) is 4. The third kappa shape index (κ3) is 5.42. The van der Waals surface area contributed by atoms with Crippen molar-refractivity contribution < 1.29 is 14.7 Å². The van der Waals surface area contributed by atoms with E-state index >= 15 is 0 Å². The van der Waals surface area contributed by atoms with Gasteiger partial charge in [0, 0.05) is 25.1 Å². The van der Waals surface area contributed by atoms with Gasteiger partial charge in [0.05, 0.1) is 6.61 Å². The molecule has 0 fully saturated rings. The van der Waals surface area contributed by atoms with Gasteiger partial charge in [-0.1, -0.05) is 11.8 Å². The number of thiophene rings is 1. The molecule has 1 aromatic heterocycles. The zero-order valence-electron chi connectivity index (χ0n) is 10.2. The van der Waals surface area contributed by atoms with Gasteiger partial charge in [-0.2, -0.15) is 0 Å². The molecule has 0 aliphatic heterocycles. The van der Waals surface area contributed by atoms with Crippen molar-refractivity contribution in [2.45, 2.75) is 6.42 Å². The fraction of sp³-hybridized carbons (Fsp3) is 0.333. The van der Waals surface area contributed by atoms with Gasteiger partial charge in [0.25, 0.3) is 5.91 Å². The number of carbonyl (C=O) groups is 2. The number of nitrogens with two attached hydrogens (primary N) is 1. The fourth-order valence-corrected chi connectivity index (χ4v) is 2.00. The van der Waals surface area contributed by atoms with E-state index in [1.165, 1.54) is 11.3 Å². The van der Waals surface area contributed by atoms with Crippen LogP contribution in [0.5, 0.6) is 0 Å². The highest BCUT2D eigenvalue weighted by atomic mass is 32.1. The molecule has 7 heteroatoms. The molecule has 0 radical (unpaired) electrons. The highest BCUT2D eigenvalue weighted by Gasteiger charge is 2.11. The Kier molecular flexibility index (Phi) is 6.43. The average Bonchev–Trinajstić information content (AvgIpc) is 2.83. The van der Waals surface area contributed by atoms with Crippen molar-refractivity contribution in [3.8, 4) is 11.8 Å². The second-order valence-electron chi connectivity index (χ2n) is 3.49. The van der Waals surface area contributed by atoms with Crippen LogP contribution in [0, 0.1) is 11.8 Å². The molecule has 19 heavy (non-hydrogen) atoms. The molecule has 1 rings (SSSR count). The predicted octanol–water partition coefficient (Wildman–Crippen LogP) is -0.120. The molecular weight excluding hydrogens is 266 g/mol. The van der Waals surface area contributed by atoms with Gasteiger partial charge in [0.1, 0.15) is 4.88 Å². The van der Waals surface area contributed by atoms with Crippen LogP contribution in [-0.2, 0) is 0 Å². The number of amides is 3. The maximum atomic E-state index is 11.8. The quantitative estimate of drug-likeness (QED) is 0.447. The Bertz CT molecular complexity index is 502. The summed E-state index contributed by atoms with van der Waals surface area (Å²) in [7, 11) is 0. The molecule has 0 bridgehead atoms. The lowest BCUT2D eigenvalue weighted by Gasteiger charge is -2.04. The topological polar surface area (TPSA) is 104 Å². The zero-order valence-corrected chi connectivity index (χ0v) is 11.0. The Morgan fingerprint density at radius 1 is 1.37 bits per heavy atom. The summed E-state index contributed by atoms with van der Waals surface area (Å²) in [5.74, 6) is 5.36. The van der Waals surface area contributed by atoms with E-state index in [1.54, 1.807) is 11.4 Å².